The molecule has 0 radical (unpaired) electrons. The quantitative estimate of drug-likeness (QED) is 0.737. The molecule has 4 rings (SSSR count). The molecule has 2 aromatic heterocycles. The van der Waals surface area contributed by atoms with Gasteiger partial charge < -0.3 is 9.32 Å². The lowest BCUT2D eigenvalue weighted by Gasteiger charge is -2.31. The molecule has 1 aliphatic rings. The van der Waals surface area contributed by atoms with Crippen molar-refractivity contribution >= 4 is 26.6 Å². The van der Waals surface area contributed by atoms with E-state index in [1.54, 1.807) is 17.0 Å². The molecule has 27 heavy (non-hydrogen) atoms. The molecule has 0 aliphatic carbocycles. The monoisotopic (exact) mass is 391 g/mol. The number of piperidine rings is 1. The highest BCUT2D eigenvalue weighted by molar-refractivity contribution is 7.91. The molecule has 3 aromatic rings. The predicted molar refractivity (Wildman–Crippen MR) is 96.3 cm³/mol. The summed E-state index contributed by atoms with van der Waals surface area (Å²) in [4.78, 5) is 14.4. The van der Waals surface area contributed by atoms with Crippen LogP contribution in [0.15, 0.2) is 41.0 Å². The van der Waals surface area contributed by atoms with Gasteiger partial charge in [-0.2, -0.15) is 5.10 Å². The first-order valence-electron chi connectivity index (χ1n) is 8.61. The summed E-state index contributed by atoms with van der Waals surface area (Å²) in [6.07, 6.45) is 2.18. The SMILES string of the molecule is O=C(c1n[nH]c2cc(F)ccc12)N1CCC(S(=O)(=O)Cc2ccco2)CC1. The summed E-state index contributed by atoms with van der Waals surface area (Å²) >= 11 is 0. The summed E-state index contributed by atoms with van der Waals surface area (Å²) in [6.45, 7) is 0.660. The minimum absolute atomic E-state index is 0.131. The minimum atomic E-state index is -3.34. The topological polar surface area (TPSA) is 96.3 Å². The number of aromatic amines is 1. The maximum Gasteiger partial charge on any atom is 0.274 e. The van der Waals surface area contributed by atoms with E-state index in [1.165, 1.54) is 24.5 Å². The van der Waals surface area contributed by atoms with Crippen LogP contribution in [0.1, 0.15) is 29.1 Å². The number of sulfone groups is 1. The normalized spacial score (nSPS) is 16.1. The fourth-order valence-corrected chi connectivity index (χ4v) is 5.16. The number of nitrogens with one attached hydrogen (secondary N) is 1. The van der Waals surface area contributed by atoms with Gasteiger partial charge in [0.1, 0.15) is 17.3 Å². The van der Waals surface area contributed by atoms with Crippen LogP contribution in [0.2, 0.25) is 0 Å². The molecule has 0 atom stereocenters. The first kappa shape index (κ1) is 17.7. The zero-order valence-corrected chi connectivity index (χ0v) is 15.2. The van der Waals surface area contributed by atoms with Gasteiger partial charge in [0.05, 0.1) is 17.0 Å². The van der Waals surface area contributed by atoms with Crippen LogP contribution >= 0.6 is 0 Å². The van der Waals surface area contributed by atoms with Crippen LogP contribution in [0, 0.1) is 5.82 Å². The Balaban J connectivity index is 1.44. The van der Waals surface area contributed by atoms with Crippen LogP contribution in [0.3, 0.4) is 0 Å². The first-order valence-corrected chi connectivity index (χ1v) is 10.3. The van der Waals surface area contributed by atoms with E-state index in [0.29, 0.717) is 42.6 Å². The van der Waals surface area contributed by atoms with Gasteiger partial charge in [0, 0.05) is 18.5 Å². The number of rotatable bonds is 4. The number of hydrogen-bond donors (Lipinski definition) is 1. The Bertz CT molecular complexity index is 1070. The summed E-state index contributed by atoms with van der Waals surface area (Å²) in [6, 6.07) is 7.38. The van der Waals surface area contributed by atoms with Gasteiger partial charge in [-0.15, -0.1) is 0 Å². The van der Waals surface area contributed by atoms with E-state index in [4.69, 9.17) is 4.42 Å². The van der Waals surface area contributed by atoms with Crippen molar-refractivity contribution in [1.29, 1.82) is 0 Å². The third kappa shape index (κ3) is 3.46. The highest BCUT2D eigenvalue weighted by Gasteiger charge is 2.33. The second-order valence-electron chi connectivity index (χ2n) is 6.64. The third-order valence-electron chi connectivity index (χ3n) is 4.89. The molecule has 1 saturated heterocycles. The average molecular weight is 391 g/mol. The van der Waals surface area contributed by atoms with Crippen molar-refractivity contribution in [3.05, 3.63) is 53.9 Å². The molecule has 0 unspecified atom stereocenters. The Hall–Kier alpha value is -2.68. The standard InChI is InChI=1S/C18H18FN3O4S/c19-12-3-4-15-16(10-12)20-21-17(15)18(23)22-7-5-14(6-8-22)27(24,25)11-13-2-1-9-26-13/h1-4,9-10,14H,5-8,11H2,(H,20,21). The minimum Gasteiger partial charge on any atom is -0.468 e. The lowest BCUT2D eigenvalue weighted by Crippen LogP contribution is -2.42. The van der Waals surface area contributed by atoms with Gasteiger partial charge in [-0.25, -0.2) is 12.8 Å². The average Bonchev–Trinajstić information content (AvgIpc) is 3.30. The van der Waals surface area contributed by atoms with Crippen molar-refractivity contribution in [2.75, 3.05) is 13.1 Å². The number of halogens is 1. The molecular weight excluding hydrogens is 373 g/mol. The van der Waals surface area contributed by atoms with Gasteiger partial charge in [0.2, 0.25) is 0 Å². The maximum atomic E-state index is 13.3. The van der Waals surface area contributed by atoms with Gasteiger partial charge in [-0.1, -0.05) is 0 Å². The molecule has 1 aromatic carbocycles. The van der Waals surface area contributed by atoms with Gasteiger partial charge in [-0.05, 0) is 43.2 Å². The van der Waals surface area contributed by atoms with E-state index in [2.05, 4.69) is 10.2 Å². The number of nitrogens with zero attached hydrogens (tertiary/aromatic N) is 2. The number of likely N-dealkylation sites (tertiary alicyclic amines) is 1. The number of hydrogen-bond acceptors (Lipinski definition) is 5. The highest BCUT2D eigenvalue weighted by atomic mass is 32.2. The first-order chi connectivity index (χ1) is 12.9. The molecule has 0 bridgehead atoms. The molecule has 142 valence electrons. The lowest BCUT2D eigenvalue weighted by atomic mass is 10.1. The van der Waals surface area contributed by atoms with Crippen molar-refractivity contribution in [3.63, 3.8) is 0 Å². The van der Waals surface area contributed by atoms with E-state index < -0.39 is 20.9 Å². The Labute approximate surface area is 155 Å². The second-order valence-corrected chi connectivity index (χ2v) is 8.92. The fraction of sp³-hybridized carbons (Fsp3) is 0.333. The zero-order chi connectivity index (χ0) is 19.0. The van der Waals surface area contributed by atoms with Gasteiger partial charge >= 0.3 is 0 Å². The number of fused-ring (bicyclic) bond motifs is 1. The number of carbonyl (C=O) groups is 1. The van der Waals surface area contributed by atoms with Crippen molar-refractivity contribution in [2.45, 2.75) is 23.8 Å². The molecule has 1 aliphatic heterocycles. The summed E-state index contributed by atoms with van der Waals surface area (Å²) in [5, 5.41) is 6.73. The van der Waals surface area contributed by atoms with Gasteiger partial charge in [-0.3, -0.25) is 9.89 Å². The molecule has 1 N–H and O–H groups in total. The number of aromatic nitrogens is 2. The smallest absolute Gasteiger partial charge is 0.274 e. The van der Waals surface area contributed by atoms with Crippen molar-refractivity contribution in [1.82, 2.24) is 15.1 Å². The maximum absolute atomic E-state index is 13.3. The number of benzene rings is 1. The van der Waals surface area contributed by atoms with Crippen molar-refractivity contribution in [2.24, 2.45) is 0 Å². The Kier molecular flexibility index (Phi) is 4.47. The Morgan fingerprint density at radius 1 is 1.30 bits per heavy atom. The Morgan fingerprint density at radius 2 is 2.07 bits per heavy atom. The summed E-state index contributed by atoms with van der Waals surface area (Å²) in [5.41, 5.74) is 0.677. The van der Waals surface area contributed by atoms with Crippen LogP contribution in [0.5, 0.6) is 0 Å². The van der Waals surface area contributed by atoms with Gasteiger partial charge in [0.15, 0.2) is 15.5 Å². The Morgan fingerprint density at radius 3 is 2.78 bits per heavy atom. The van der Waals surface area contributed by atoms with E-state index >= 15 is 0 Å². The number of H-pyrrole nitrogens is 1. The number of furan rings is 1. The predicted octanol–water partition coefficient (Wildman–Crippen LogP) is 2.51. The van der Waals surface area contributed by atoms with Crippen LogP contribution in [0.4, 0.5) is 4.39 Å². The van der Waals surface area contributed by atoms with Crippen LogP contribution < -0.4 is 0 Å². The molecule has 7 nitrogen and oxygen atoms in total. The lowest BCUT2D eigenvalue weighted by molar-refractivity contribution is 0.0721. The molecule has 0 spiro atoms. The van der Waals surface area contributed by atoms with Crippen molar-refractivity contribution in [3.8, 4) is 0 Å². The largest absolute Gasteiger partial charge is 0.468 e. The van der Waals surface area contributed by atoms with Crippen LogP contribution in [-0.2, 0) is 15.6 Å². The van der Waals surface area contributed by atoms with Crippen LogP contribution in [0.25, 0.3) is 10.9 Å². The molecule has 3 heterocycles. The van der Waals surface area contributed by atoms with E-state index in [0.717, 1.165) is 0 Å². The molecule has 1 fully saturated rings. The highest BCUT2D eigenvalue weighted by Crippen LogP contribution is 2.24. The molecule has 9 heteroatoms. The van der Waals surface area contributed by atoms with E-state index in [-0.39, 0.29) is 17.4 Å². The van der Waals surface area contributed by atoms with E-state index in [9.17, 15) is 17.6 Å². The van der Waals surface area contributed by atoms with E-state index in [1.807, 2.05) is 0 Å². The molecule has 0 saturated carbocycles. The number of carbonyl (C=O) groups excluding carboxylic acids is 1. The summed E-state index contributed by atoms with van der Waals surface area (Å²) in [5.74, 6) is -0.403. The second kappa shape index (κ2) is 6.80. The third-order valence-corrected chi connectivity index (χ3v) is 7.06. The summed E-state index contributed by atoms with van der Waals surface area (Å²) in [7, 11) is -3.34. The van der Waals surface area contributed by atoms with Crippen molar-refractivity contribution < 1.29 is 22.0 Å². The zero-order valence-electron chi connectivity index (χ0n) is 14.4. The number of amides is 1. The molecular formula is C18H18FN3O4S. The van der Waals surface area contributed by atoms with Gasteiger partial charge in [0.25, 0.3) is 5.91 Å². The van der Waals surface area contributed by atoms with Crippen LogP contribution in [-0.4, -0.2) is 47.8 Å². The molecule has 1 amide bonds. The summed E-state index contributed by atoms with van der Waals surface area (Å²) < 4.78 is 43.5. The fourth-order valence-electron chi connectivity index (χ4n) is 3.43.